The van der Waals surface area contributed by atoms with Gasteiger partial charge in [-0.25, -0.2) is 0 Å². The molecule has 0 fully saturated rings. The molecule has 0 aliphatic carbocycles. The van der Waals surface area contributed by atoms with Gasteiger partial charge >= 0.3 is 0 Å². The van der Waals surface area contributed by atoms with Crippen LogP contribution in [-0.2, 0) is 11.3 Å². The van der Waals surface area contributed by atoms with Gasteiger partial charge in [0.1, 0.15) is 10.7 Å². The Morgan fingerprint density at radius 2 is 1.88 bits per heavy atom. The molecule has 1 atom stereocenters. The van der Waals surface area contributed by atoms with Crippen LogP contribution in [-0.4, -0.2) is 22.1 Å². The lowest BCUT2D eigenvalue weighted by Crippen LogP contribution is -2.40. The third-order valence-electron chi connectivity index (χ3n) is 2.56. The van der Waals surface area contributed by atoms with Crippen LogP contribution < -0.4 is 5.73 Å². The first kappa shape index (κ1) is 12.4. The van der Waals surface area contributed by atoms with Crippen LogP contribution in [0.15, 0.2) is 34.3 Å². The first-order chi connectivity index (χ1) is 8.00. The minimum Gasteiger partial charge on any atom is -0.368 e. The minimum atomic E-state index is -1.16. The Morgan fingerprint density at radius 1 is 1.29 bits per heavy atom. The molecule has 0 bridgehead atoms. The second kappa shape index (κ2) is 4.66. The van der Waals surface area contributed by atoms with E-state index < -0.39 is 12.1 Å². The first-order valence-corrected chi connectivity index (χ1v) is 5.71. The summed E-state index contributed by atoms with van der Waals surface area (Å²) in [5.74, 6) is -0.456. The van der Waals surface area contributed by atoms with E-state index in [1.807, 2.05) is 24.3 Å². The fourth-order valence-electron chi connectivity index (χ4n) is 1.59. The maximum atomic E-state index is 11.7. The molecule has 4 nitrogen and oxygen atoms in total. The van der Waals surface area contributed by atoms with Gasteiger partial charge in [-0.3, -0.25) is 4.79 Å². The number of aliphatic hydroxyl groups excluding tert-OH is 1. The molecule has 1 unspecified atom stereocenters. The van der Waals surface area contributed by atoms with Crippen LogP contribution in [0.1, 0.15) is 5.56 Å². The standard InChI is InChI=1S/C11H10Cl2N2O2/c12-8-9(13)11(17)15(10(8)16)5-6-1-3-7(14)4-2-6/h1-4,10,16H,5,14H2/p+1. The van der Waals surface area contributed by atoms with Crippen LogP contribution in [0.4, 0.5) is 5.69 Å². The lowest BCUT2D eigenvalue weighted by atomic mass is 10.2. The Bertz CT molecular complexity index is 485. The molecule has 1 aromatic rings. The number of amides is 1. The van der Waals surface area contributed by atoms with E-state index in [0.717, 1.165) is 11.3 Å². The lowest BCUT2D eigenvalue weighted by molar-refractivity contribution is -0.254. The molecule has 4 N–H and O–H groups in total. The second-order valence-corrected chi connectivity index (χ2v) is 4.57. The zero-order valence-corrected chi connectivity index (χ0v) is 10.4. The second-order valence-electron chi connectivity index (χ2n) is 3.79. The predicted molar refractivity (Wildman–Crippen MR) is 64.3 cm³/mol. The highest BCUT2D eigenvalue weighted by molar-refractivity contribution is 6.49. The molecule has 6 heteroatoms. The van der Waals surface area contributed by atoms with Gasteiger partial charge in [0.25, 0.3) is 5.91 Å². The van der Waals surface area contributed by atoms with Crippen LogP contribution in [0.2, 0.25) is 0 Å². The predicted octanol–water partition coefficient (Wildman–Crippen LogP) is 0.910. The van der Waals surface area contributed by atoms with Gasteiger partial charge in [0.2, 0.25) is 0 Å². The molecular formula is C11H11Cl2N2O2+. The van der Waals surface area contributed by atoms with Crippen LogP contribution in [0.25, 0.3) is 0 Å². The highest BCUT2D eigenvalue weighted by Crippen LogP contribution is 2.31. The molecular weight excluding hydrogens is 263 g/mol. The summed E-state index contributed by atoms with van der Waals surface area (Å²) in [7, 11) is 0. The number of rotatable bonds is 2. The smallest absolute Gasteiger partial charge is 0.269 e. The lowest BCUT2D eigenvalue weighted by Gasteiger charge is -2.20. The summed E-state index contributed by atoms with van der Waals surface area (Å²) in [5.41, 5.74) is 5.53. The third kappa shape index (κ3) is 2.30. The van der Waals surface area contributed by atoms with E-state index in [4.69, 9.17) is 23.2 Å². The van der Waals surface area contributed by atoms with Crippen molar-refractivity contribution in [3.63, 3.8) is 0 Å². The molecule has 1 aliphatic heterocycles. The SMILES string of the molecule is [NH3+]c1ccc(CN2C(=O)C(Cl)=C(Cl)C2O)cc1. The van der Waals surface area contributed by atoms with Gasteiger partial charge in [0.15, 0.2) is 6.23 Å². The zero-order valence-electron chi connectivity index (χ0n) is 8.86. The molecule has 0 aromatic heterocycles. The topological polar surface area (TPSA) is 68.2 Å². The minimum absolute atomic E-state index is 0.0227. The van der Waals surface area contributed by atoms with Crippen molar-refractivity contribution >= 4 is 34.8 Å². The van der Waals surface area contributed by atoms with E-state index in [1.54, 1.807) is 0 Å². The summed E-state index contributed by atoms with van der Waals surface area (Å²) in [6.07, 6.45) is -1.16. The van der Waals surface area contributed by atoms with Crippen molar-refractivity contribution in [2.45, 2.75) is 12.8 Å². The van der Waals surface area contributed by atoms with Gasteiger partial charge in [0.05, 0.1) is 5.03 Å². The van der Waals surface area contributed by atoms with E-state index >= 15 is 0 Å². The fraction of sp³-hybridized carbons (Fsp3) is 0.182. The highest BCUT2D eigenvalue weighted by atomic mass is 35.5. The average molecular weight is 274 g/mol. The number of nitrogens with zero attached hydrogens (tertiary/aromatic N) is 1. The zero-order chi connectivity index (χ0) is 12.6. The highest BCUT2D eigenvalue weighted by Gasteiger charge is 2.36. The molecule has 1 heterocycles. The van der Waals surface area contributed by atoms with Gasteiger partial charge in [-0.1, -0.05) is 35.3 Å². The first-order valence-electron chi connectivity index (χ1n) is 4.96. The van der Waals surface area contributed by atoms with E-state index in [0.29, 0.717) is 0 Å². The Balaban J connectivity index is 2.16. The van der Waals surface area contributed by atoms with Crippen molar-refractivity contribution in [2.24, 2.45) is 0 Å². The van der Waals surface area contributed by atoms with E-state index in [-0.39, 0.29) is 16.6 Å². The van der Waals surface area contributed by atoms with Crippen LogP contribution in [0.5, 0.6) is 0 Å². The normalized spacial score (nSPS) is 20.4. The van der Waals surface area contributed by atoms with Gasteiger partial charge in [-0.15, -0.1) is 0 Å². The van der Waals surface area contributed by atoms with Gasteiger partial charge in [-0.05, 0) is 17.7 Å². The number of quaternary nitrogens is 1. The Hall–Kier alpha value is -1.07. The van der Waals surface area contributed by atoms with Crippen molar-refractivity contribution in [2.75, 3.05) is 0 Å². The van der Waals surface area contributed by atoms with Gasteiger partial charge in [0, 0.05) is 6.54 Å². The van der Waals surface area contributed by atoms with Gasteiger partial charge < -0.3 is 15.7 Å². The maximum Gasteiger partial charge on any atom is 0.269 e. The molecule has 0 radical (unpaired) electrons. The van der Waals surface area contributed by atoms with Gasteiger partial charge in [-0.2, -0.15) is 0 Å². The molecule has 0 saturated carbocycles. The van der Waals surface area contributed by atoms with E-state index in [9.17, 15) is 9.90 Å². The summed E-state index contributed by atoms with van der Waals surface area (Å²) < 4.78 is 0. The van der Waals surface area contributed by atoms with Crippen LogP contribution >= 0.6 is 23.2 Å². The van der Waals surface area contributed by atoms with E-state index in [2.05, 4.69) is 5.73 Å². The largest absolute Gasteiger partial charge is 0.368 e. The number of hydrogen-bond acceptors (Lipinski definition) is 2. The number of hydrogen-bond donors (Lipinski definition) is 2. The molecule has 90 valence electrons. The quantitative estimate of drug-likeness (QED) is 0.841. The number of halogens is 2. The van der Waals surface area contributed by atoms with Crippen LogP contribution in [0, 0.1) is 0 Å². The Morgan fingerprint density at radius 3 is 2.35 bits per heavy atom. The number of carbonyl (C=O) groups is 1. The molecule has 17 heavy (non-hydrogen) atoms. The third-order valence-corrected chi connectivity index (χ3v) is 3.40. The fourth-order valence-corrected chi connectivity index (χ4v) is 1.99. The molecule has 0 spiro atoms. The maximum absolute atomic E-state index is 11.7. The van der Waals surface area contributed by atoms with Crippen molar-refractivity contribution in [1.29, 1.82) is 0 Å². The summed E-state index contributed by atoms with van der Waals surface area (Å²) in [5, 5.41) is 9.59. The molecule has 1 aliphatic rings. The van der Waals surface area contributed by atoms with Crippen molar-refractivity contribution in [1.82, 2.24) is 4.90 Å². The van der Waals surface area contributed by atoms with Crippen molar-refractivity contribution < 1.29 is 15.6 Å². The Kier molecular flexibility index (Phi) is 3.40. The van der Waals surface area contributed by atoms with E-state index in [1.165, 1.54) is 4.90 Å². The molecule has 1 aromatic carbocycles. The summed E-state index contributed by atoms with van der Waals surface area (Å²) in [6.45, 7) is 0.257. The summed E-state index contributed by atoms with van der Waals surface area (Å²) >= 11 is 11.4. The number of carbonyl (C=O) groups excluding carboxylic acids is 1. The summed E-state index contributed by atoms with van der Waals surface area (Å²) in [4.78, 5) is 12.9. The van der Waals surface area contributed by atoms with Crippen molar-refractivity contribution in [3.8, 4) is 0 Å². The Labute approximate surface area is 108 Å². The molecule has 1 amide bonds. The number of aliphatic hydroxyl groups is 1. The molecule has 2 rings (SSSR count). The van der Waals surface area contributed by atoms with Crippen molar-refractivity contribution in [3.05, 3.63) is 39.9 Å². The molecule has 0 saturated heterocycles. The van der Waals surface area contributed by atoms with Crippen LogP contribution in [0.3, 0.4) is 0 Å². The monoisotopic (exact) mass is 273 g/mol. The summed E-state index contributed by atoms with van der Waals surface area (Å²) in [6, 6.07) is 7.34. The number of benzene rings is 1. The average Bonchev–Trinajstić information content (AvgIpc) is 2.50.